The Labute approximate surface area is 192 Å². The number of nitrogens with one attached hydrogen (secondary N) is 2. The van der Waals surface area contributed by atoms with E-state index < -0.39 is 0 Å². The lowest BCUT2D eigenvalue weighted by Crippen LogP contribution is -2.53. The largest absolute Gasteiger partial charge is 0.325 e. The van der Waals surface area contributed by atoms with Crippen molar-refractivity contribution in [1.29, 1.82) is 0 Å². The molecule has 172 valence electrons. The van der Waals surface area contributed by atoms with E-state index in [1.807, 2.05) is 57.2 Å². The van der Waals surface area contributed by atoms with Gasteiger partial charge in [-0.25, -0.2) is 0 Å². The van der Waals surface area contributed by atoms with Crippen LogP contribution in [0.2, 0.25) is 0 Å². The van der Waals surface area contributed by atoms with Gasteiger partial charge in [0.05, 0.1) is 12.6 Å². The molecule has 6 heteroatoms. The van der Waals surface area contributed by atoms with Crippen LogP contribution in [-0.4, -0.2) is 60.4 Å². The smallest absolute Gasteiger partial charge is 0.241 e. The Kier molecular flexibility index (Phi) is 8.04. The highest BCUT2D eigenvalue weighted by Crippen LogP contribution is 2.24. The van der Waals surface area contributed by atoms with Crippen LogP contribution in [0.3, 0.4) is 0 Å². The molecule has 1 saturated heterocycles. The van der Waals surface area contributed by atoms with Crippen molar-refractivity contribution in [2.24, 2.45) is 0 Å². The molecule has 0 radical (unpaired) electrons. The van der Waals surface area contributed by atoms with E-state index in [9.17, 15) is 9.59 Å². The summed E-state index contributed by atoms with van der Waals surface area (Å²) in [6, 6.07) is 13.7. The fraction of sp³-hybridized carbons (Fsp3) is 0.462. The third-order valence-electron chi connectivity index (χ3n) is 6.42. The number of nitrogens with zero attached hydrogens (tertiary/aromatic N) is 2. The molecule has 0 bridgehead atoms. The van der Waals surface area contributed by atoms with E-state index in [0.29, 0.717) is 12.5 Å². The molecule has 1 aliphatic rings. The van der Waals surface area contributed by atoms with Gasteiger partial charge in [0, 0.05) is 37.6 Å². The molecule has 0 aliphatic carbocycles. The van der Waals surface area contributed by atoms with Crippen LogP contribution in [0.1, 0.15) is 43.4 Å². The van der Waals surface area contributed by atoms with E-state index in [-0.39, 0.29) is 17.9 Å². The summed E-state index contributed by atoms with van der Waals surface area (Å²) in [5.74, 6) is 0.363. The third kappa shape index (κ3) is 5.96. The molecule has 2 aromatic carbocycles. The summed E-state index contributed by atoms with van der Waals surface area (Å²) in [6.07, 6.45) is 0. The fourth-order valence-electron chi connectivity index (χ4n) is 4.11. The standard InChI is InChI=1S/C26H36N4O2/c1-18(2)22-10-6-7-11-24(22)28-26(32)21(5)30-15-13-29(14-16-30)17-25(31)27-23-12-8-9-19(3)20(23)4/h6-12,18,21H,13-17H2,1-5H3,(H,27,31)(H,28,32). The number of para-hydroxylation sites is 1. The average Bonchev–Trinajstić information content (AvgIpc) is 2.77. The second kappa shape index (κ2) is 10.7. The SMILES string of the molecule is Cc1cccc(NC(=O)CN2CCN(C(C)C(=O)Nc3ccccc3C(C)C)CC2)c1C. The molecule has 1 fully saturated rings. The summed E-state index contributed by atoms with van der Waals surface area (Å²) in [7, 11) is 0. The second-order valence-corrected chi connectivity index (χ2v) is 9.01. The molecule has 1 heterocycles. The van der Waals surface area contributed by atoms with Crippen LogP contribution in [0, 0.1) is 13.8 Å². The Hall–Kier alpha value is -2.70. The first-order chi connectivity index (χ1) is 15.3. The zero-order chi connectivity index (χ0) is 23.3. The van der Waals surface area contributed by atoms with Crippen molar-refractivity contribution < 1.29 is 9.59 Å². The quantitative estimate of drug-likeness (QED) is 0.688. The minimum Gasteiger partial charge on any atom is -0.325 e. The first-order valence-corrected chi connectivity index (χ1v) is 11.5. The molecule has 2 N–H and O–H groups in total. The van der Waals surface area contributed by atoms with Crippen LogP contribution >= 0.6 is 0 Å². The summed E-state index contributed by atoms with van der Waals surface area (Å²) in [6.45, 7) is 13.7. The van der Waals surface area contributed by atoms with Crippen LogP contribution < -0.4 is 10.6 Å². The van der Waals surface area contributed by atoms with Gasteiger partial charge in [0.1, 0.15) is 0 Å². The number of rotatable bonds is 7. The zero-order valence-corrected chi connectivity index (χ0v) is 19.9. The second-order valence-electron chi connectivity index (χ2n) is 9.01. The number of amides is 2. The molecule has 1 atom stereocenters. The van der Waals surface area contributed by atoms with E-state index in [1.165, 1.54) is 5.56 Å². The molecule has 2 amide bonds. The molecular weight excluding hydrogens is 400 g/mol. The lowest BCUT2D eigenvalue weighted by molar-refractivity contribution is -0.122. The van der Waals surface area contributed by atoms with Gasteiger partial charge in [0.25, 0.3) is 0 Å². The van der Waals surface area contributed by atoms with Crippen LogP contribution in [0.4, 0.5) is 11.4 Å². The molecule has 3 rings (SSSR count). The monoisotopic (exact) mass is 436 g/mol. The number of piperazine rings is 1. The van der Waals surface area contributed by atoms with Crippen molar-refractivity contribution in [3.05, 3.63) is 59.2 Å². The van der Waals surface area contributed by atoms with Gasteiger partial charge in [-0.05, 0) is 55.5 Å². The topological polar surface area (TPSA) is 64.7 Å². The summed E-state index contributed by atoms with van der Waals surface area (Å²) in [5.41, 5.74) is 5.18. The van der Waals surface area contributed by atoms with Gasteiger partial charge in [-0.1, -0.05) is 44.2 Å². The van der Waals surface area contributed by atoms with Crippen LogP contribution in [-0.2, 0) is 9.59 Å². The number of anilines is 2. The van der Waals surface area contributed by atoms with Gasteiger partial charge in [-0.3, -0.25) is 19.4 Å². The van der Waals surface area contributed by atoms with Gasteiger partial charge in [0.15, 0.2) is 0 Å². The first kappa shape index (κ1) is 24.0. The maximum absolute atomic E-state index is 12.9. The van der Waals surface area contributed by atoms with E-state index in [2.05, 4.69) is 40.3 Å². The molecule has 1 unspecified atom stereocenters. The van der Waals surface area contributed by atoms with Crippen molar-refractivity contribution in [2.45, 2.75) is 46.6 Å². The Morgan fingerprint density at radius 2 is 1.53 bits per heavy atom. The highest BCUT2D eigenvalue weighted by Gasteiger charge is 2.27. The number of carbonyl (C=O) groups is 2. The van der Waals surface area contributed by atoms with Gasteiger partial charge >= 0.3 is 0 Å². The Bertz CT molecular complexity index is 949. The lowest BCUT2D eigenvalue weighted by atomic mass is 10.0. The highest BCUT2D eigenvalue weighted by molar-refractivity contribution is 5.95. The summed E-state index contributed by atoms with van der Waals surface area (Å²) in [4.78, 5) is 29.7. The van der Waals surface area contributed by atoms with Crippen LogP contribution in [0.25, 0.3) is 0 Å². The number of hydrogen-bond donors (Lipinski definition) is 2. The molecule has 0 spiro atoms. The van der Waals surface area contributed by atoms with E-state index in [0.717, 1.165) is 48.7 Å². The summed E-state index contributed by atoms with van der Waals surface area (Å²) >= 11 is 0. The summed E-state index contributed by atoms with van der Waals surface area (Å²) in [5, 5.41) is 6.14. The number of carbonyl (C=O) groups excluding carboxylic acids is 2. The minimum absolute atomic E-state index is 0.00299. The van der Waals surface area contributed by atoms with Crippen molar-refractivity contribution in [2.75, 3.05) is 43.4 Å². The predicted molar refractivity (Wildman–Crippen MR) is 131 cm³/mol. The van der Waals surface area contributed by atoms with Crippen molar-refractivity contribution in [1.82, 2.24) is 9.80 Å². The maximum atomic E-state index is 12.9. The number of hydrogen-bond acceptors (Lipinski definition) is 4. The number of aryl methyl sites for hydroxylation is 1. The zero-order valence-electron chi connectivity index (χ0n) is 19.9. The van der Waals surface area contributed by atoms with Crippen molar-refractivity contribution in [3.8, 4) is 0 Å². The van der Waals surface area contributed by atoms with Gasteiger partial charge < -0.3 is 10.6 Å². The van der Waals surface area contributed by atoms with E-state index >= 15 is 0 Å². The normalized spacial score (nSPS) is 16.1. The Morgan fingerprint density at radius 3 is 2.22 bits per heavy atom. The Balaban J connectivity index is 1.49. The van der Waals surface area contributed by atoms with E-state index in [4.69, 9.17) is 0 Å². The molecule has 32 heavy (non-hydrogen) atoms. The molecule has 2 aromatic rings. The third-order valence-corrected chi connectivity index (χ3v) is 6.42. The lowest BCUT2D eigenvalue weighted by Gasteiger charge is -2.37. The van der Waals surface area contributed by atoms with Crippen LogP contribution in [0.15, 0.2) is 42.5 Å². The molecule has 6 nitrogen and oxygen atoms in total. The van der Waals surface area contributed by atoms with Gasteiger partial charge in [-0.15, -0.1) is 0 Å². The van der Waals surface area contributed by atoms with E-state index in [1.54, 1.807) is 0 Å². The maximum Gasteiger partial charge on any atom is 0.241 e. The van der Waals surface area contributed by atoms with Gasteiger partial charge in [-0.2, -0.15) is 0 Å². The first-order valence-electron chi connectivity index (χ1n) is 11.5. The van der Waals surface area contributed by atoms with Gasteiger partial charge in [0.2, 0.25) is 11.8 Å². The average molecular weight is 437 g/mol. The molecule has 0 aromatic heterocycles. The predicted octanol–water partition coefficient (Wildman–Crippen LogP) is 4.01. The van der Waals surface area contributed by atoms with Crippen molar-refractivity contribution >= 4 is 23.2 Å². The number of benzene rings is 2. The van der Waals surface area contributed by atoms with Crippen LogP contribution in [0.5, 0.6) is 0 Å². The highest BCUT2D eigenvalue weighted by atomic mass is 16.2. The fourth-order valence-corrected chi connectivity index (χ4v) is 4.11. The minimum atomic E-state index is -0.221. The summed E-state index contributed by atoms with van der Waals surface area (Å²) < 4.78 is 0. The van der Waals surface area contributed by atoms with Crippen molar-refractivity contribution in [3.63, 3.8) is 0 Å². The molecular formula is C26H36N4O2. The molecule has 0 saturated carbocycles. The Morgan fingerprint density at radius 1 is 0.875 bits per heavy atom. The molecule has 1 aliphatic heterocycles.